The molecule has 1 heteroatoms. The van der Waals surface area contributed by atoms with Crippen molar-refractivity contribution in [1.29, 1.82) is 0 Å². The van der Waals surface area contributed by atoms with Gasteiger partial charge in [0.1, 0.15) is 0 Å². The molecule has 0 saturated heterocycles. The summed E-state index contributed by atoms with van der Waals surface area (Å²) in [7, 11) is 0. The Morgan fingerprint density at radius 1 is 0.537 bits per heavy atom. The Morgan fingerprint density at radius 2 is 0.951 bits per heavy atom. The van der Waals surface area contributed by atoms with Gasteiger partial charge in [-0.15, -0.1) is 0 Å². The van der Waals surface area contributed by atoms with Crippen molar-refractivity contribution in [2.24, 2.45) is 0 Å². The van der Waals surface area contributed by atoms with Gasteiger partial charge >= 0.3 is 249 Å². The van der Waals surface area contributed by atoms with E-state index in [1.165, 1.54) is 74.9 Å². The average Bonchev–Trinajstić information content (AvgIpc) is 3.57. The summed E-state index contributed by atoms with van der Waals surface area (Å²) in [6.45, 7) is 9.03. The summed E-state index contributed by atoms with van der Waals surface area (Å²) in [6, 6.07) is 27.8. The van der Waals surface area contributed by atoms with Gasteiger partial charge in [0.15, 0.2) is 0 Å². The molecule has 1 fully saturated rings. The van der Waals surface area contributed by atoms with E-state index in [1.807, 2.05) is 3.26 Å². The van der Waals surface area contributed by atoms with Gasteiger partial charge in [-0.05, 0) is 0 Å². The monoisotopic (exact) mass is 702 g/mol. The average molecular weight is 701 g/mol. The molecule has 2 atom stereocenters. The van der Waals surface area contributed by atoms with Crippen molar-refractivity contribution in [3.63, 3.8) is 0 Å². The molecule has 0 nitrogen and oxygen atoms in total. The first kappa shape index (κ1) is 27.0. The second-order valence-corrected chi connectivity index (χ2v) is 39.6. The molecule has 0 aromatic heterocycles. The van der Waals surface area contributed by atoms with E-state index in [1.54, 1.807) is 11.1 Å². The van der Waals surface area contributed by atoms with Gasteiger partial charge in [0.05, 0.1) is 0 Å². The first-order valence-electron chi connectivity index (χ1n) is 15.5. The number of allylic oxidation sites excluding steroid dienone is 2. The molecule has 1 saturated carbocycles. The van der Waals surface area contributed by atoms with E-state index in [0.29, 0.717) is 7.35 Å². The molecule has 2 unspecified atom stereocenters. The van der Waals surface area contributed by atoms with Gasteiger partial charge < -0.3 is 0 Å². The molecule has 0 bridgehead atoms. The van der Waals surface area contributed by atoms with Crippen LogP contribution in [0.3, 0.4) is 0 Å². The van der Waals surface area contributed by atoms with E-state index in [-0.39, 0.29) is 0 Å². The summed E-state index contributed by atoms with van der Waals surface area (Å²) in [5.41, 5.74) is 17.2. The van der Waals surface area contributed by atoms with Crippen LogP contribution in [0.1, 0.15) is 71.1 Å². The topological polar surface area (TPSA) is 0 Å². The van der Waals surface area contributed by atoms with Gasteiger partial charge in [-0.2, -0.15) is 0 Å². The Labute approximate surface area is 247 Å². The molecule has 0 heterocycles. The molecule has 0 radical (unpaired) electrons. The number of hydrogen-bond acceptors (Lipinski definition) is 0. The molecule has 41 heavy (non-hydrogen) atoms. The number of aryl methyl sites for hydroxylation is 2. The Morgan fingerprint density at radius 3 is 1.37 bits per heavy atom. The third-order valence-electron chi connectivity index (χ3n) is 11.6. The van der Waals surface area contributed by atoms with Gasteiger partial charge in [-0.1, -0.05) is 0 Å². The maximum absolute atomic E-state index is 3.84. The molecule has 4 aromatic rings. The summed E-state index contributed by atoms with van der Waals surface area (Å²) < 4.78 is 8.64. The fraction of sp³-hybridized carbons (Fsp3) is 0.275. The van der Waals surface area contributed by atoms with Crippen molar-refractivity contribution in [2.75, 3.05) is 0 Å². The first-order chi connectivity index (χ1) is 19.7. The zero-order chi connectivity index (χ0) is 28.5. The van der Waals surface area contributed by atoms with E-state index < -0.39 is 18.0 Å². The number of fused-ring (bicyclic) bond motifs is 2. The number of rotatable bonds is 4. The van der Waals surface area contributed by atoms with Gasteiger partial charge in [-0.25, -0.2) is 0 Å². The minimum absolute atomic E-state index is 0.535. The zero-order valence-electron chi connectivity index (χ0n) is 25.5. The SMILES string of the molecule is Cc1cccc(-c2cccc3c2C=C[CH]3[Hf]([CH3])([CH3])(=[C]2CCC2)[CH]2C=Cc3c(-c4cccc(C)c4C)cccc32)c1C. The van der Waals surface area contributed by atoms with Crippen LogP contribution in [0, 0.1) is 27.7 Å². The van der Waals surface area contributed by atoms with Crippen LogP contribution in [-0.2, 0) is 18.0 Å². The predicted octanol–water partition coefficient (Wildman–Crippen LogP) is 11.2. The molecule has 4 aromatic carbocycles. The van der Waals surface area contributed by atoms with Gasteiger partial charge in [0.25, 0.3) is 0 Å². The summed E-state index contributed by atoms with van der Waals surface area (Å²) in [5, 5.41) is 0. The molecule has 206 valence electrons. The molecular weight excluding hydrogens is 659 g/mol. The quantitative estimate of drug-likeness (QED) is 0.186. The first-order valence-corrected chi connectivity index (χ1v) is 28.6. The molecular formula is C40H42Hf. The van der Waals surface area contributed by atoms with Crippen molar-refractivity contribution >= 4 is 15.4 Å². The molecule has 0 N–H and O–H groups in total. The number of hydrogen-bond donors (Lipinski definition) is 0. The molecule has 3 aliphatic rings. The van der Waals surface area contributed by atoms with E-state index >= 15 is 0 Å². The van der Waals surface area contributed by atoms with Crippen molar-refractivity contribution < 1.29 is 18.0 Å². The Kier molecular flexibility index (Phi) is 6.29. The summed E-state index contributed by atoms with van der Waals surface area (Å²) >= 11 is -3.84. The van der Waals surface area contributed by atoms with Crippen LogP contribution in [0.2, 0.25) is 9.36 Å². The number of benzene rings is 4. The summed E-state index contributed by atoms with van der Waals surface area (Å²) in [6.07, 6.45) is 14.3. The second kappa shape index (κ2) is 9.56. The Bertz CT molecular complexity index is 1740. The van der Waals surface area contributed by atoms with Crippen LogP contribution < -0.4 is 0 Å². The minimum atomic E-state index is -3.84. The fourth-order valence-corrected chi connectivity index (χ4v) is 33.7. The molecule has 0 spiro atoms. The molecule has 0 aliphatic heterocycles. The van der Waals surface area contributed by atoms with E-state index in [2.05, 4.69) is 134 Å². The van der Waals surface area contributed by atoms with Gasteiger partial charge in [0, 0.05) is 0 Å². The van der Waals surface area contributed by atoms with Gasteiger partial charge in [-0.3, -0.25) is 0 Å². The zero-order valence-corrected chi connectivity index (χ0v) is 29.1. The van der Waals surface area contributed by atoms with E-state index in [4.69, 9.17) is 0 Å². The van der Waals surface area contributed by atoms with Crippen LogP contribution >= 0.6 is 0 Å². The van der Waals surface area contributed by atoms with E-state index in [0.717, 1.165) is 0 Å². The summed E-state index contributed by atoms with van der Waals surface area (Å²) in [5.74, 6) is 0. The van der Waals surface area contributed by atoms with Crippen molar-refractivity contribution in [3.05, 3.63) is 129 Å². The normalized spacial score (nSPS) is 19.3. The van der Waals surface area contributed by atoms with Crippen molar-refractivity contribution in [1.82, 2.24) is 0 Å². The van der Waals surface area contributed by atoms with Crippen LogP contribution in [0.15, 0.2) is 84.9 Å². The predicted molar refractivity (Wildman–Crippen MR) is 177 cm³/mol. The van der Waals surface area contributed by atoms with Crippen molar-refractivity contribution in [2.45, 2.75) is 63.7 Å². The van der Waals surface area contributed by atoms with Crippen LogP contribution in [0.4, 0.5) is 0 Å². The van der Waals surface area contributed by atoms with Crippen molar-refractivity contribution in [3.8, 4) is 22.3 Å². The molecule has 0 amide bonds. The standard InChI is InChI=1S/2C17H15.C4H6.2CH3.Hf/c2*1-12-6-3-9-15(13(12)2)17-11-5-8-14-7-4-10-16(14)17;1-2-4-3-1;;;/h2*3-11H,1-2H3;1-3H2;2*1H3;. The van der Waals surface area contributed by atoms with Crippen LogP contribution in [0.5, 0.6) is 0 Å². The van der Waals surface area contributed by atoms with Gasteiger partial charge in [0.2, 0.25) is 0 Å². The van der Waals surface area contributed by atoms with Crippen LogP contribution in [0.25, 0.3) is 34.4 Å². The Balaban J connectivity index is 1.41. The third kappa shape index (κ3) is 3.84. The molecule has 3 aliphatic carbocycles. The van der Waals surface area contributed by atoms with E-state index in [9.17, 15) is 0 Å². The Hall–Kier alpha value is -2.90. The molecule has 7 rings (SSSR count). The second-order valence-electron chi connectivity index (χ2n) is 13.9. The fourth-order valence-electron chi connectivity index (χ4n) is 8.55. The van der Waals surface area contributed by atoms with Crippen LogP contribution in [-0.4, -0.2) is 3.26 Å². The summed E-state index contributed by atoms with van der Waals surface area (Å²) in [4.78, 5) is 0. The third-order valence-corrected chi connectivity index (χ3v) is 38.8. The maximum atomic E-state index is 2.81.